The van der Waals surface area contributed by atoms with Crippen LogP contribution in [0, 0.1) is 28.6 Å². The number of rotatable bonds is 2. The van der Waals surface area contributed by atoms with Crippen molar-refractivity contribution in [2.24, 2.45) is 28.9 Å². The molecule has 0 amide bonds. The van der Waals surface area contributed by atoms with Gasteiger partial charge in [0, 0.05) is 11.7 Å². The maximum Gasteiger partial charge on any atom is 0.310 e. The molecular formula is C16H24N2O2S. The highest BCUT2D eigenvalue weighted by molar-refractivity contribution is 8.13. The molecule has 3 rings (SSSR count). The Balaban J connectivity index is 1.78. The van der Waals surface area contributed by atoms with Crippen LogP contribution in [-0.2, 0) is 9.53 Å². The fourth-order valence-corrected chi connectivity index (χ4v) is 5.37. The first kappa shape index (κ1) is 14.9. The van der Waals surface area contributed by atoms with Gasteiger partial charge in [-0.1, -0.05) is 30.8 Å². The Kier molecular flexibility index (Phi) is 3.80. The molecule has 3 N–H and O–H groups in total. The van der Waals surface area contributed by atoms with E-state index in [1.807, 2.05) is 0 Å². The van der Waals surface area contributed by atoms with Gasteiger partial charge >= 0.3 is 5.97 Å². The molecule has 116 valence electrons. The SMILES string of the molecule is C=C1CCC[C@]2(C)C[C@H]3OC(=O)[C@H](CSC(=N)N)[C@H]3C[C@@H]12. The number of carbonyl (C=O) groups is 1. The van der Waals surface area contributed by atoms with Gasteiger partial charge in [-0.25, -0.2) is 0 Å². The van der Waals surface area contributed by atoms with Crippen molar-refractivity contribution < 1.29 is 9.53 Å². The van der Waals surface area contributed by atoms with E-state index in [2.05, 4.69) is 13.5 Å². The highest BCUT2D eigenvalue weighted by atomic mass is 32.2. The van der Waals surface area contributed by atoms with Crippen LogP contribution in [0.4, 0.5) is 0 Å². The van der Waals surface area contributed by atoms with Crippen LogP contribution in [0.1, 0.15) is 39.0 Å². The number of hydrogen-bond acceptors (Lipinski definition) is 4. The minimum atomic E-state index is -0.108. The molecule has 21 heavy (non-hydrogen) atoms. The average molecular weight is 308 g/mol. The summed E-state index contributed by atoms with van der Waals surface area (Å²) in [6.07, 6.45) is 5.58. The second-order valence-corrected chi connectivity index (χ2v) is 8.14. The molecule has 0 unspecified atom stereocenters. The molecule has 4 nitrogen and oxygen atoms in total. The van der Waals surface area contributed by atoms with Crippen LogP contribution in [0.3, 0.4) is 0 Å². The summed E-state index contributed by atoms with van der Waals surface area (Å²) in [7, 11) is 0. The van der Waals surface area contributed by atoms with Crippen molar-refractivity contribution >= 4 is 22.9 Å². The number of allylic oxidation sites excluding steroid dienone is 1. The van der Waals surface area contributed by atoms with E-state index in [-0.39, 0.29) is 34.5 Å². The molecule has 1 aliphatic heterocycles. The summed E-state index contributed by atoms with van der Waals surface area (Å²) in [6.45, 7) is 6.63. The van der Waals surface area contributed by atoms with Crippen LogP contribution in [-0.4, -0.2) is 23.0 Å². The molecule has 1 saturated heterocycles. The molecule has 3 fully saturated rings. The second-order valence-electron chi connectivity index (χ2n) is 7.08. The van der Waals surface area contributed by atoms with E-state index in [1.54, 1.807) is 0 Å². The minimum absolute atomic E-state index is 0.0576. The molecule has 5 heteroatoms. The van der Waals surface area contributed by atoms with Crippen molar-refractivity contribution in [1.29, 1.82) is 5.41 Å². The van der Waals surface area contributed by atoms with E-state index < -0.39 is 0 Å². The predicted octanol–water partition coefficient (Wildman–Crippen LogP) is 2.93. The molecule has 2 saturated carbocycles. The third-order valence-corrected chi connectivity index (χ3v) is 6.58. The molecule has 0 aromatic heterocycles. The summed E-state index contributed by atoms with van der Waals surface area (Å²) in [6, 6.07) is 0. The van der Waals surface area contributed by atoms with Gasteiger partial charge < -0.3 is 10.5 Å². The Labute approximate surface area is 130 Å². The third kappa shape index (κ3) is 2.60. The summed E-state index contributed by atoms with van der Waals surface area (Å²) in [5, 5.41) is 7.42. The highest BCUT2D eigenvalue weighted by Gasteiger charge is 2.54. The number of hydrogen-bond donors (Lipinski definition) is 2. The van der Waals surface area contributed by atoms with Gasteiger partial charge in [-0.05, 0) is 43.4 Å². The van der Waals surface area contributed by atoms with E-state index in [0.29, 0.717) is 11.7 Å². The van der Waals surface area contributed by atoms with Crippen molar-refractivity contribution in [1.82, 2.24) is 0 Å². The van der Waals surface area contributed by atoms with Gasteiger partial charge in [-0.2, -0.15) is 0 Å². The smallest absolute Gasteiger partial charge is 0.310 e. The summed E-state index contributed by atoms with van der Waals surface area (Å²) >= 11 is 1.26. The van der Waals surface area contributed by atoms with Gasteiger partial charge in [0.25, 0.3) is 0 Å². The van der Waals surface area contributed by atoms with E-state index in [4.69, 9.17) is 15.9 Å². The lowest BCUT2D eigenvalue weighted by Gasteiger charge is -2.50. The maximum atomic E-state index is 12.2. The molecule has 1 heterocycles. The largest absolute Gasteiger partial charge is 0.462 e. The lowest BCUT2D eigenvalue weighted by atomic mass is 9.55. The number of nitrogens with one attached hydrogen (secondary N) is 1. The first-order valence-corrected chi connectivity index (χ1v) is 8.74. The minimum Gasteiger partial charge on any atom is -0.462 e. The monoisotopic (exact) mass is 308 g/mol. The molecule has 0 radical (unpaired) electrons. The summed E-state index contributed by atoms with van der Waals surface area (Å²) < 4.78 is 5.67. The first-order valence-electron chi connectivity index (χ1n) is 7.76. The number of ether oxygens (including phenoxy) is 1. The standard InChI is InChI=1S/C16H24N2O2S/c1-9-4-3-5-16(2)7-13-10(6-12(9)16)11(14(19)20-13)8-21-15(17)18/h10-13H,1,3-8H2,2H3,(H3,17,18)/t10-,11-,12+,13-,16-/m1/s1. The molecule has 0 spiro atoms. The Morgan fingerprint density at radius 2 is 2.38 bits per heavy atom. The maximum absolute atomic E-state index is 12.2. The Morgan fingerprint density at radius 3 is 3.10 bits per heavy atom. The van der Waals surface area contributed by atoms with E-state index in [1.165, 1.54) is 30.2 Å². The molecule has 5 atom stereocenters. The fourth-order valence-electron chi connectivity index (χ4n) is 4.63. The summed E-state index contributed by atoms with van der Waals surface area (Å²) in [5.41, 5.74) is 7.02. The van der Waals surface area contributed by atoms with Crippen LogP contribution >= 0.6 is 11.8 Å². The Morgan fingerprint density at radius 1 is 1.62 bits per heavy atom. The number of thioether (sulfide) groups is 1. The highest BCUT2D eigenvalue weighted by Crippen LogP contribution is 2.57. The third-order valence-electron chi connectivity index (χ3n) is 5.74. The zero-order valence-corrected chi connectivity index (χ0v) is 13.4. The van der Waals surface area contributed by atoms with Crippen LogP contribution < -0.4 is 5.73 Å². The van der Waals surface area contributed by atoms with Crippen molar-refractivity contribution in [2.75, 3.05) is 5.75 Å². The van der Waals surface area contributed by atoms with Gasteiger partial charge in [0.15, 0.2) is 5.17 Å². The average Bonchev–Trinajstić information content (AvgIpc) is 2.68. The van der Waals surface area contributed by atoms with Gasteiger partial charge in [0.1, 0.15) is 6.10 Å². The Bertz CT molecular complexity index is 493. The van der Waals surface area contributed by atoms with Gasteiger partial charge in [0.05, 0.1) is 5.92 Å². The number of esters is 1. The fraction of sp³-hybridized carbons (Fsp3) is 0.750. The first-order chi connectivity index (χ1) is 9.90. The Hall–Kier alpha value is -0.970. The molecule has 3 aliphatic rings. The quantitative estimate of drug-likeness (QED) is 0.356. The molecule has 0 aromatic carbocycles. The van der Waals surface area contributed by atoms with Gasteiger partial charge in [-0.3, -0.25) is 10.2 Å². The number of carbonyl (C=O) groups excluding carboxylic acids is 1. The van der Waals surface area contributed by atoms with Crippen molar-refractivity contribution in [2.45, 2.75) is 45.1 Å². The molecule has 2 aliphatic carbocycles. The van der Waals surface area contributed by atoms with Gasteiger partial charge in [-0.15, -0.1) is 0 Å². The molecule has 0 aromatic rings. The normalized spacial score (nSPS) is 42.1. The van der Waals surface area contributed by atoms with Crippen LogP contribution in [0.5, 0.6) is 0 Å². The summed E-state index contributed by atoms with van der Waals surface area (Å²) in [4.78, 5) is 12.2. The lowest BCUT2D eigenvalue weighted by molar-refractivity contribution is -0.145. The summed E-state index contributed by atoms with van der Waals surface area (Å²) in [5.74, 6) is 1.17. The predicted molar refractivity (Wildman–Crippen MR) is 85.1 cm³/mol. The van der Waals surface area contributed by atoms with Crippen molar-refractivity contribution in [3.8, 4) is 0 Å². The van der Waals surface area contributed by atoms with Crippen molar-refractivity contribution in [3.63, 3.8) is 0 Å². The zero-order valence-electron chi connectivity index (χ0n) is 12.6. The van der Waals surface area contributed by atoms with E-state index in [9.17, 15) is 4.79 Å². The zero-order chi connectivity index (χ0) is 15.2. The number of amidine groups is 1. The van der Waals surface area contributed by atoms with Crippen molar-refractivity contribution in [3.05, 3.63) is 12.2 Å². The molecular weight excluding hydrogens is 284 g/mol. The van der Waals surface area contributed by atoms with Crippen LogP contribution in [0.25, 0.3) is 0 Å². The van der Waals surface area contributed by atoms with Crippen LogP contribution in [0.2, 0.25) is 0 Å². The van der Waals surface area contributed by atoms with Gasteiger partial charge in [0.2, 0.25) is 0 Å². The van der Waals surface area contributed by atoms with E-state index >= 15 is 0 Å². The second kappa shape index (κ2) is 5.34. The topological polar surface area (TPSA) is 76.2 Å². The lowest BCUT2D eigenvalue weighted by Crippen LogP contribution is -2.44. The van der Waals surface area contributed by atoms with Crippen LogP contribution in [0.15, 0.2) is 12.2 Å². The number of nitrogens with two attached hydrogens (primary N) is 1. The van der Waals surface area contributed by atoms with E-state index in [0.717, 1.165) is 19.3 Å². The molecule has 0 bridgehead atoms. The number of fused-ring (bicyclic) bond motifs is 2.